The van der Waals surface area contributed by atoms with E-state index in [4.69, 9.17) is 5.73 Å². The van der Waals surface area contributed by atoms with Crippen molar-refractivity contribution < 1.29 is 5.11 Å². The highest BCUT2D eigenvalue weighted by atomic mass is 16.3. The summed E-state index contributed by atoms with van der Waals surface area (Å²) in [5, 5.41) is 9.52. The molecule has 0 saturated carbocycles. The fourth-order valence-corrected chi connectivity index (χ4v) is 3.91. The van der Waals surface area contributed by atoms with Crippen molar-refractivity contribution in [3.05, 3.63) is 41.0 Å². The number of hydrogen-bond donors (Lipinski definition) is 2. The highest BCUT2D eigenvalue weighted by molar-refractivity contribution is 5.57. The van der Waals surface area contributed by atoms with Crippen LogP contribution in [-0.2, 0) is 6.42 Å². The molecule has 1 aliphatic rings. The van der Waals surface area contributed by atoms with Gasteiger partial charge in [-0.2, -0.15) is 0 Å². The van der Waals surface area contributed by atoms with Gasteiger partial charge in [-0.15, -0.1) is 0 Å². The number of aryl methyl sites for hydroxylation is 1. The van der Waals surface area contributed by atoms with Crippen molar-refractivity contribution in [1.29, 1.82) is 0 Å². The highest BCUT2D eigenvalue weighted by Crippen LogP contribution is 2.35. The van der Waals surface area contributed by atoms with Crippen LogP contribution in [-0.4, -0.2) is 17.3 Å². The van der Waals surface area contributed by atoms with Crippen LogP contribution in [0.3, 0.4) is 0 Å². The molecule has 0 fully saturated rings. The monoisotopic (exact) mass is 343 g/mol. The maximum absolute atomic E-state index is 9.52. The van der Waals surface area contributed by atoms with Crippen LogP contribution in [0.25, 0.3) is 6.08 Å². The molecule has 2 nitrogen and oxygen atoms in total. The van der Waals surface area contributed by atoms with Gasteiger partial charge in [0.15, 0.2) is 0 Å². The zero-order valence-electron chi connectivity index (χ0n) is 16.3. The quantitative estimate of drug-likeness (QED) is 0.545. The van der Waals surface area contributed by atoms with Crippen LogP contribution >= 0.6 is 0 Å². The lowest BCUT2D eigenvalue weighted by molar-refractivity contribution is 0.191. The molecular weight excluding hydrogens is 306 g/mol. The molecule has 1 aromatic carbocycles. The molecule has 0 spiro atoms. The third kappa shape index (κ3) is 6.60. The zero-order chi connectivity index (χ0) is 18.1. The number of hydrogen-bond acceptors (Lipinski definition) is 2. The number of fused-ring (bicyclic) bond motifs is 1. The van der Waals surface area contributed by atoms with Crippen molar-refractivity contribution in [2.24, 2.45) is 5.73 Å². The van der Waals surface area contributed by atoms with Gasteiger partial charge in [-0.1, -0.05) is 69.4 Å². The van der Waals surface area contributed by atoms with Crippen LogP contribution in [0.1, 0.15) is 94.2 Å². The van der Waals surface area contributed by atoms with Gasteiger partial charge >= 0.3 is 0 Å². The summed E-state index contributed by atoms with van der Waals surface area (Å²) >= 11 is 0. The fourth-order valence-electron chi connectivity index (χ4n) is 3.91. The van der Waals surface area contributed by atoms with Crippen molar-refractivity contribution in [3.63, 3.8) is 0 Å². The van der Waals surface area contributed by atoms with Crippen molar-refractivity contribution >= 4 is 6.08 Å². The average molecular weight is 344 g/mol. The predicted octanol–water partition coefficient (Wildman–Crippen LogP) is 5.58. The molecular formula is C23H37NO. The smallest absolute Gasteiger partial charge is 0.0608 e. The Morgan fingerprint density at radius 1 is 1.16 bits per heavy atom. The lowest BCUT2D eigenvalue weighted by Gasteiger charge is -2.28. The Balaban J connectivity index is 1.98. The minimum Gasteiger partial charge on any atom is -0.394 e. The van der Waals surface area contributed by atoms with Gasteiger partial charge in [-0.25, -0.2) is 0 Å². The Morgan fingerprint density at radius 3 is 2.68 bits per heavy atom. The summed E-state index contributed by atoms with van der Waals surface area (Å²) in [4.78, 5) is 0. The van der Waals surface area contributed by atoms with E-state index in [1.807, 2.05) is 6.92 Å². The first-order chi connectivity index (χ1) is 12.1. The van der Waals surface area contributed by atoms with E-state index in [1.165, 1.54) is 61.6 Å². The molecule has 0 aromatic heterocycles. The second-order valence-electron chi connectivity index (χ2n) is 8.17. The van der Waals surface area contributed by atoms with Crippen molar-refractivity contribution in [2.45, 2.75) is 89.5 Å². The Hall–Kier alpha value is -1.12. The predicted molar refractivity (Wildman–Crippen MR) is 109 cm³/mol. The highest BCUT2D eigenvalue weighted by Gasteiger charge is 2.26. The van der Waals surface area contributed by atoms with E-state index in [9.17, 15) is 5.11 Å². The van der Waals surface area contributed by atoms with Crippen LogP contribution in [0.15, 0.2) is 24.3 Å². The molecule has 0 saturated heterocycles. The number of rotatable bonds is 10. The number of aliphatic hydroxyl groups excluding tert-OH is 1. The van der Waals surface area contributed by atoms with Gasteiger partial charge in [-0.3, -0.25) is 0 Å². The molecule has 2 heteroatoms. The van der Waals surface area contributed by atoms with Crippen LogP contribution < -0.4 is 5.73 Å². The molecule has 1 aliphatic carbocycles. The molecule has 0 radical (unpaired) electrons. The first kappa shape index (κ1) is 20.2. The summed E-state index contributed by atoms with van der Waals surface area (Å²) in [5.41, 5.74) is 9.96. The Labute approximate surface area is 154 Å². The third-order valence-corrected chi connectivity index (χ3v) is 5.46. The van der Waals surface area contributed by atoms with E-state index in [-0.39, 0.29) is 6.61 Å². The second-order valence-corrected chi connectivity index (χ2v) is 8.17. The van der Waals surface area contributed by atoms with E-state index in [0.717, 1.165) is 19.3 Å². The molecule has 0 bridgehead atoms. The molecule has 140 valence electrons. The number of allylic oxidation sites excluding steroid dienone is 1. The van der Waals surface area contributed by atoms with Crippen molar-refractivity contribution in [3.8, 4) is 0 Å². The maximum Gasteiger partial charge on any atom is 0.0608 e. The first-order valence-electron chi connectivity index (χ1n) is 10.2. The summed E-state index contributed by atoms with van der Waals surface area (Å²) in [5.74, 6) is 0.440. The molecule has 2 atom stereocenters. The van der Waals surface area contributed by atoms with Crippen LogP contribution in [0.2, 0.25) is 0 Å². The molecule has 0 heterocycles. The third-order valence-electron chi connectivity index (χ3n) is 5.46. The molecule has 2 unspecified atom stereocenters. The number of unbranched alkanes of at least 4 members (excludes halogenated alkanes) is 5. The minimum atomic E-state index is -0.497. The summed E-state index contributed by atoms with van der Waals surface area (Å²) in [7, 11) is 0. The van der Waals surface area contributed by atoms with E-state index < -0.39 is 5.54 Å². The molecule has 2 rings (SSSR count). The molecule has 1 aromatic rings. The fraction of sp³-hybridized carbons (Fsp3) is 0.652. The lowest BCUT2D eigenvalue weighted by atomic mass is 9.82. The normalized spacial score (nSPS) is 19.3. The zero-order valence-corrected chi connectivity index (χ0v) is 16.3. The Morgan fingerprint density at radius 2 is 1.92 bits per heavy atom. The number of aliphatic hydroxyl groups is 1. The van der Waals surface area contributed by atoms with Gasteiger partial charge in [-0.05, 0) is 61.6 Å². The SMILES string of the molecule is CCCCCCCCc1ccc2c(c1)C=CCCC2CC(C)(N)CO. The van der Waals surface area contributed by atoms with Gasteiger partial charge in [0.2, 0.25) is 0 Å². The van der Waals surface area contributed by atoms with E-state index in [1.54, 1.807) is 0 Å². The molecule has 25 heavy (non-hydrogen) atoms. The van der Waals surface area contributed by atoms with Gasteiger partial charge in [0.1, 0.15) is 0 Å². The summed E-state index contributed by atoms with van der Waals surface area (Å²) in [6, 6.07) is 7.00. The van der Waals surface area contributed by atoms with Crippen molar-refractivity contribution in [2.75, 3.05) is 6.61 Å². The summed E-state index contributed by atoms with van der Waals surface area (Å²) < 4.78 is 0. The Kier molecular flexibility index (Phi) is 8.18. The summed E-state index contributed by atoms with van der Waals surface area (Å²) in [6.45, 7) is 4.27. The van der Waals surface area contributed by atoms with Gasteiger partial charge in [0, 0.05) is 5.54 Å². The van der Waals surface area contributed by atoms with Gasteiger partial charge in [0.05, 0.1) is 6.61 Å². The topological polar surface area (TPSA) is 46.2 Å². The average Bonchev–Trinajstić information content (AvgIpc) is 2.79. The van der Waals surface area contributed by atoms with E-state index >= 15 is 0 Å². The van der Waals surface area contributed by atoms with Crippen LogP contribution in [0.4, 0.5) is 0 Å². The van der Waals surface area contributed by atoms with Crippen molar-refractivity contribution in [1.82, 2.24) is 0 Å². The Bertz CT molecular complexity index is 547. The number of nitrogens with two attached hydrogens (primary N) is 1. The lowest BCUT2D eigenvalue weighted by Crippen LogP contribution is -2.41. The largest absolute Gasteiger partial charge is 0.394 e. The van der Waals surface area contributed by atoms with E-state index in [2.05, 4.69) is 37.3 Å². The van der Waals surface area contributed by atoms with E-state index in [0.29, 0.717) is 5.92 Å². The van der Waals surface area contributed by atoms with Gasteiger partial charge < -0.3 is 10.8 Å². The molecule has 0 amide bonds. The minimum absolute atomic E-state index is 0.0440. The van der Waals surface area contributed by atoms with Crippen LogP contribution in [0.5, 0.6) is 0 Å². The number of benzene rings is 1. The first-order valence-corrected chi connectivity index (χ1v) is 10.2. The summed E-state index contributed by atoms with van der Waals surface area (Å²) in [6.07, 6.45) is 16.9. The molecule has 0 aliphatic heterocycles. The van der Waals surface area contributed by atoms with Crippen LogP contribution in [0, 0.1) is 0 Å². The second kappa shape index (κ2) is 10.1. The van der Waals surface area contributed by atoms with Gasteiger partial charge in [0.25, 0.3) is 0 Å². The maximum atomic E-state index is 9.52. The molecule has 3 N–H and O–H groups in total. The standard InChI is InChI=1S/C23H37NO/c1-3-4-5-6-7-8-11-19-14-15-22-20(16-19)12-9-10-13-21(22)17-23(2,24)18-25/h9,12,14-16,21,25H,3-8,10-11,13,17-18,24H2,1-2H3.